The van der Waals surface area contributed by atoms with Gasteiger partial charge < -0.3 is 9.47 Å². The molecule has 2 aromatic carbocycles. The van der Waals surface area contributed by atoms with Gasteiger partial charge in [0.2, 0.25) is 5.88 Å². The molecule has 1 aliphatic heterocycles. The van der Waals surface area contributed by atoms with E-state index in [9.17, 15) is 4.79 Å². The Kier molecular flexibility index (Phi) is 5.09. The van der Waals surface area contributed by atoms with Crippen molar-refractivity contribution in [2.45, 2.75) is 18.1 Å². The van der Waals surface area contributed by atoms with E-state index in [2.05, 4.69) is 4.98 Å². The Labute approximate surface area is 165 Å². The van der Waals surface area contributed by atoms with Crippen LogP contribution in [0.25, 0.3) is 0 Å². The van der Waals surface area contributed by atoms with E-state index in [1.54, 1.807) is 47.7 Å². The third kappa shape index (κ3) is 3.82. The van der Waals surface area contributed by atoms with E-state index in [0.29, 0.717) is 40.3 Å². The molecule has 27 heavy (non-hydrogen) atoms. The second-order valence-corrected chi connectivity index (χ2v) is 7.56. The number of fused-ring (bicyclic) bond motifs is 1. The van der Waals surface area contributed by atoms with Crippen molar-refractivity contribution in [2.24, 2.45) is 0 Å². The van der Waals surface area contributed by atoms with Crippen LogP contribution in [0.4, 0.5) is 0 Å². The molecule has 0 amide bonds. The summed E-state index contributed by atoms with van der Waals surface area (Å²) in [7, 11) is 1.63. The van der Waals surface area contributed by atoms with E-state index in [1.165, 1.54) is 0 Å². The van der Waals surface area contributed by atoms with Gasteiger partial charge in [0, 0.05) is 23.7 Å². The smallest absolute Gasteiger partial charge is 0.261 e. The molecule has 0 spiro atoms. The van der Waals surface area contributed by atoms with Crippen molar-refractivity contribution in [2.75, 3.05) is 12.9 Å². The van der Waals surface area contributed by atoms with Crippen molar-refractivity contribution in [3.05, 3.63) is 75.0 Å². The van der Waals surface area contributed by atoms with E-state index in [-0.39, 0.29) is 5.56 Å². The van der Waals surface area contributed by atoms with Crippen LogP contribution in [0.2, 0.25) is 5.02 Å². The minimum atomic E-state index is -0.0511. The highest BCUT2D eigenvalue weighted by Crippen LogP contribution is 2.30. The van der Waals surface area contributed by atoms with E-state index < -0.39 is 0 Å². The van der Waals surface area contributed by atoms with Gasteiger partial charge in [0.05, 0.1) is 12.7 Å². The van der Waals surface area contributed by atoms with Gasteiger partial charge in [0.25, 0.3) is 5.56 Å². The Morgan fingerprint density at radius 1 is 1.11 bits per heavy atom. The molecule has 7 heteroatoms. The van der Waals surface area contributed by atoms with Crippen molar-refractivity contribution >= 4 is 23.4 Å². The fraction of sp³-hybridized carbons (Fsp3) is 0.200. The van der Waals surface area contributed by atoms with E-state index in [1.807, 2.05) is 24.3 Å². The predicted molar refractivity (Wildman–Crippen MR) is 107 cm³/mol. The van der Waals surface area contributed by atoms with Gasteiger partial charge in [0.1, 0.15) is 11.5 Å². The van der Waals surface area contributed by atoms with E-state index in [0.717, 1.165) is 17.1 Å². The fourth-order valence-corrected chi connectivity index (χ4v) is 3.95. The molecule has 1 aromatic heterocycles. The molecule has 2 heterocycles. The lowest BCUT2D eigenvalue weighted by atomic mass is 10.1. The third-order valence-corrected chi connectivity index (χ3v) is 5.51. The second-order valence-electron chi connectivity index (χ2n) is 6.06. The maximum atomic E-state index is 13.0. The van der Waals surface area contributed by atoms with Crippen LogP contribution in [0.5, 0.6) is 17.4 Å². The summed E-state index contributed by atoms with van der Waals surface area (Å²) in [5.41, 5.74) is 1.48. The first-order chi connectivity index (χ1) is 13.1. The lowest BCUT2D eigenvalue weighted by Crippen LogP contribution is -2.25. The molecule has 0 bridgehead atoms. The Bertz CT molecular complexity index is 1020. The third-order valence-electron chi connectivity index (χ3n) is 4.30. The van der Waals surface area contributed by atoms with Gasteiger partial charge in [-0.15, -0.1) is 0 Å². The Morgan fingerprint density at radius 3 is 2.52 bits per heavy atom. The van der Waals surface area contributed by atoms with Gasteiger partial charge in [-0.1, -0.05) is 35.5 Å². The molecular formula is C20H17ClN2O3S. The first kappa shape index (κ1) is 17.9. The van der Waals surface area contributed by atoms with Crippen LogP contribution in [0, 0.1) is 0 Å². The molecule has 5 nitrogen and oxygen atoms in total. The number of nitrogens with zero attached hydrogens (tertiary/aromatic N) is 2. The monoisotopic (exact) mass is 400 g/mol. The zero-order valence-corrected chi connectivity index (χ0v) is 16.2. The van der Waals surface area contributed by atoms with Crippen LogP contribution in [0.1, 0.15) is 11.1 Å². The van der Waals surface area contributed by atoms with Crippen LogP contribution in [0.3, 0.4) is 0 Å². The molecule has 0 radical (unpaired) electrons. The summed E-state index contributed by atoms with van der Waals surface area (Å²) in [6.45, 7) is 0.669. The van der Waals surface area contributed by atoms with E-state index >= 15 is 0 Å². The van der Waals surface area contributed by atoms with Crippen LogP contribution >= 0.6 is 23.4 Å². The Hall–Kier alpha value is -2.44. The minimum Gasteiger partial charge on any atom is -0.497 e. The summed E-state index contributed by atoms with van der Waals surface area (Å²) in [4.78, 5) is 17.6. The molecule has 4 rings (SSSR count). The molecule has 0 saturated heterocycles. The summed E-state index contributed by atoms with van der Waals surface area (Å²) >= 11 is 7.51. The molecule has 0 aliphatic carbocycles. The average molecular weight is 401 g/mol. The van der Waals surface area contributed by atoms with Gasteiger partial charge in [-0.05, 0) is 42.0 Å². The van der Waals surface area contributed by atoms with Crippen molar-refractivity contribution in [3.8, 4) is 17.4 Å². The number of aromatic nitrogens is 2. The highest BCUT2D eigenvalue weighted by molar-refractivity contribution is 7.99. The maximum Gasteiger partial charge on any atom is 0.261 e. The number of methoxy groups -OCH3 is 1. The number of thioether (sulfide) groups is 1. The van der Waals surface area contributed by atoms with Crippen molar-refractivity contribution in [1.29, 1.82) is 0 Å². The Morgan fingerprint density at radius 2 is 1.81 bits per heavy atom. The summed E-state index contributed by atoms with van der Waals surface area (Å²) in [6.07, 6.45) is 0.434. The summed E-state index contributed by atoms with van der Waals surface area (Å²) in [5, 5.41) is 1.32. The van der Waals surface area contributed by atoms with Gasteiger partial charge >= 0.3 is 0 Å². The number of benzene rings is 2. The van der Waals surface area contributed by atoms with E-state index in [4.69, 9.17) is 21.1 Å². The first-order valence-electron chi connectivity index (χ1n) is 8.47. The molecular weight excluding hydrogens is 384 g/mol. The average Bonchev–Trinajstić information content (AvgIpc) is 3.16. The van der Waals surface area contributed by atoms with Crippen molar-refractivity contribution < 1.29 is 9.47 Å². The van der Waals surface area contributed by atoms with Gasteiger partial charge in [-0.25, -0.2) is 0 Å². The maximum absolute atomic E-state index is 13.0. The Balaban J connectivity index is 1.73. The van der Waals surface area contributed by atoms with Gasteiger partial charge in [0.15, 0.2) is 5.16 Å². The molecule has 0 fully saturated rings. The van der Waals surface area contributed by atoms with Crippen LogP contribution in [0.15, 0.2) is 58.5 Å². The molecule has 0 saturated carbocycles. The summed E-state index contributed by atoms with van der Waals surface area (Å²) in [5.74, 6) is 2.56. The molecule has 1 aliphatic rings. The predicted octanol–water partition coefficient (Wildman–Crippen LogP) is 4.39. The lowest BCUT2D eigenvalue weighted by Gasteiger charge is -2.13. The molecule has 3 aromatic rings. The van der Waals surface area contributed by atoms with Gasteiger partial charge in [-0.3, -0.25) is 9.36 Å². The number of halogens is 1. The molecule has 0 unspecified atom stereocenters. The second kappa shape index (κ2) is 7.66. The standard InChI is InChI=1S/C20H17ClN2O3S/c1-25-15-6-2-13(3-7-15)12-17-18(26-16-8-4-14(21)5-9-16)22-20-23(19(17)24)10-11-27-20/h2-9H,10-12H2,1H3. The SMILES string of the molecule is COc1ccc(Cc2c(Oc3ccc(Cl)cc3)nc3n(c2=O)CCS3)cc1. The topological polar surface area (TPSA) is 53.4 Å². The largest absolute Gasteiger partial charge is 0.497 e. The van der Waals surface area contributed by atoms with Crippen LogP contribution in [-0.4, -0.2) is 22.4 Å². The zero-order chi connectivity index (χ0) is 18.8. The fourth-order valence-electron chi connectivity index (χ4n) is 2.89. The summed E-state index contributed by atoms with van der Waals surface area (Å²) in [6, 6.07) is 14.7. The highest BCUT2D eigenvalue weighted by atomic mass is 35.5. The van der Waals surface area contributed by atoms with Crippen molar-refractivity contribution in [1.82, 2.24) is 9.55 Å². The number of hydrogen-bond acceptors (Lipinski definition) is 5. The van der Waals surface area contributed by atoms with Crippen LogP contribution in [-0.2, 0) is 13.0 Å². The number of ether oxygens (including phenoxy) is 2. The zero-order valence-electron chi connectivity index (χ0n) is 14.6. The lowest BCUT2D eigenvalue weighted by molar-refractivity contribution is 0.414. The number of rotatable bonds is 5. The normalized spacial score (nSPS) is 12.7. The highest BCUT2D eigenvalue weighted by Gasteiger charge is 2.22. The molecule has 138 valence electrons. The first-order valence-corrected chi connectivity index (χ1v) is 9.83. The quantitative estimate of drug-likeness (QED) is 0.594. The van der Waals surface area contributed by atoms with Crippen molar-refractivity contribution in [3.63, 3.8) is 0 Å². The van der Waals surface area contributed by atoms with Crippen LogP contribution < -0.4 is 15.0 Å². The molecule has 0 atom stereocenters. The summed E-state index contributed by atoms with van der Waals surface area (Å²) < 4.78 is 12.9. The number of hydrogen-bond donors (Lipinski definition) is 0. The minimum absolute atomic E-state index is 0.0511. The van der Waals surface area contributed by atoms with Gasteiger partial charge in [-0.2, -0.15) is 4.98 Å². The molecule has 0 N–H and O–H groups in total.